The molecule has 1 atom stereocenters. The SMILES string of the molecule is CCCC[C@H](N)c1nc(N2CCCN(C)CC2)no1. The summed E-state index contributed by atoms with van der Waals surface area (Å²) in [4.78, 5) is 8.97. The van der Waals surface area contributed by atoms with Crippen LogP contribution in [-0.4, -0.2) is 48.3 Å². The normalized spacial score (nSPS) is 19.4. The van der Waals surface area contributed by atoms with Crippen molar-refractivity contribution in [3.63, 3.8) is 0 Å². The van der Waals surface area contributed by atoms with Gasteiger partial charge in [0, 0.05) is 19.6 Å². The van der Waals surface area contributed by atoms with Crippen LogP contribution in [0.15, 0.2) is 4.52 Å². The van der Waals surface area contributed by atoms with Crippen LogP contribution in [0.1, 0.15) is 44.5 Å². The molecule has 2 rings (SSSR count). The summed E-state index contributed by atoms with van der Waals surface area (Å²) in [7, 11) is 2.14. The summed E-state index contributed by atoms with van der Waals surface area (Å²) >= 11 is 0. The van der Waals surface area contributed by atoms with Crippen molar-refractivity contribution in [3.8, 4) is 0 Å². The van der Waals surface area contributed by atoms with Crippen molar-refractivity contribution in [1.82, 2.24) is 15.0 Å². The van der Waals surface area contributed by atoms with Crippen LogP contribution < -0.4 is 10.6 Å². The molecule has 6 nitrogen and oxygen atoms in total. The van der Waals surface area contributed by atoms with Crippen molar-refractivity contribution in [3.05, 3.63) is 5.89 Å². The lowest BCUT2D eigenvalue weighted by atomic mass is 10.1. The molecule has 6 heteroatoms. The molecule has 0 unspecified atom stereocenters. The maximum Gasteiger partial charge on any atom is 0.266 e. The summed E-state index contributed by atoms with van der Waals surface area (Å²) < 4.78 is 5.30. The van der Waals surface area contributed by atoms with E-state index in [1.54, 1.807) is 0 Å². The molecule has 19 heavy (non-hydrogen) atoms. The number of nitrogens with two attached hydrogens (primary N) is 1. The molecule has 108 valence electrons. The fourth-order valence-electron chi connectivity index (χ4n) is 2.30. The fraction of sp³-hybridized carbons (Fsp3) is 0.846. The van der Waals surface area contributed by atoms with Crippen LogP contribution in [0.4, 0.5) is 5.95 Å². The van der Waals surface area contributed by atoms with E-state index in [0.29, 0.717) is 11.8 Å². The van der Waals surface area contributed by atoms with E-state index in [1.165, 1.54) is 0 Å². The highest BCUT2D eigenvalue weighted by Gasteiger charge is 2.20. The summed E-state index contributed by atoms with van der Waals surface area (Å²) in [6.07, 6.45) is 4.25. The first kappa shape index (κ1) is 14.3. The van der Waals surface area contributed by atoms with Crippen molar-refractivity contribution >= 4 is 5.95 Å². The lowest BCUT2D eigenvalue weighted by Gasteiger charge is -2.17. The van der Waals surface area contributed by atoms with E-state index >= 15 is 0 Å². The smallest absolute Gasteiger partial charge is 0.266 e. The topological polar surface area (TPSA) is 71.4 Å². The highest BCUT2D eigenvalue weighted by molar-refractivity contribution is 5.28. The van der Waals surface area contributed by atoms with Gasteiger partial charge in [-0.05, 0) is 31.6 Å². The number of nitrogens with zero attached hydrogens (tertiary/aromatic N) is 4. The molecule has 2 N–H and O–H groups in total. The van der Waals surface area contributed by atoms with Crippen molar-refractivity contribution in [2.24, 2.45) is 5.73 Å². The van der Waals surface area contributed by atoms with Gasteiger partial charge in [-0.2, -0.15) is 4.98 Å². The predicted molar refractivity (Wildman–Crippen MR) is 75.1 cm³/mol. The molecular weight excluding hydrogens is 242 g/mol. The van der Waals surface area contributed by atoms with E-state index in [1.807, 2.05) is 0 Å². The number of aromatic nitrogens is 2. The summed E-state index contributed by atoms with van der Waals surface area (Å²) in [6.45, 7) is 6.23. The van der Waals surface area contributed by atoms with Crippen LogP contribution in [0.2, 0.25) is 0 Å². The van der Waals surface area contributed by atoms with Crippen molar-refractivity contribution in [2.75, 3.05) is 38.1 Å². The average molecular weight is 267 g/mol. The zero-order chi connectivity index (χ0) is 13.7. The molecule has 1 aromatic heterocycles. The van der Waals surface area contributed by atoms with Crippen LogP contribution >= 0.6 is 0 Å². The van der Waals surface area contributed by atoms with Gasteiger partial charge in [0.2, 0.25) is 5.89 Å². The molecule has 1 aliphatic heterocycles. The van der Waals surface area contributed by atoms with Gasteiger partial charge in [0.05, 0.1) is 6.04 Å². The Balaban J connectivity index is 1.95. The van der Waals surface area contributed by atoms with Crippen LogP contribution in [0.25, 0.3) is 0 Å². The van der Waals surface area contributed by atoms with E-state index in [0.717, 1.165) is 51.9 Å². The zero-order valence-corrected chi connectivity index (χ0v) is 12.0. The second-order valence-electron chi connectivity index (χ2n) is 5.33. The number of hydrogen-bond acceptors (Lipinski definition) is 6. The van der Waals surface area contributed by atoms with E-state index in [4.69, 9.17) is 10.3 Å². The second kappa shape index (κ2) is 6.86. The second-order valence-corrected chi connectivity index (χ2v) is 5.33. The first-order valence-electron chi connectivity index (χ1n) is 7.23. The van der Waals surface area contributed by atoms with Crippen molar-refractivity contribution in [2.45, 2.75) is 38.6 Å². The summed E-state index contributed by atoms with van der Waals surface area (Å²) in [5, 5.41) is 4.08. The maximum absolute atomic E-state index is 6.05. The molecule has 2 heterocycles. The third kappa shape index (κ3) is 3.91. The highest BCUT2D eigenvalue weighted by atomic mass is 16.5. The van der Waals surface area contributed by atoms with E-state index in [2.05, 4.69) is 33.9 Å². The Morgan fingerprint density at radius 3 is 2.95 bits per heavy atom. The lowest BCUT2D eigenvalue weighted by Crippen LogP contribution is -2.29. The van der Waals surface area contributed by atoms with Gasteiger partial charge < -0.3 is 20.1 Å². The lowest BCUT2D eigenvalue weighted by molar-refractivity contribution is 0.345. The van der Waals surface area contributed by atoms with Gasteiger partial charge in [0.25, 0.3) is 5.95 Å². The molecule has 0 amide bonds. The maximum atomic E-state index is 6.05. The molecule has 0 bridgehead atoms. The number of hydrogen-bond donors (Lipinski definition) is 1. The molecule has 1 fully saturated rings. The molecule has 0 spiro atoms. The fourth-order valence-corrected chi connectivity index (χ4v) is 2.30. The number of rotatable bonds is 5. The minimum Gasteiger partial charge on any atom is -0.337 e. The third-order valence-electron chi connectivity index (χ3n) is 3.62. The van der Waals surface area contributed by atoms with E-state index < -0.39 is 0 Å². The number of anilines is 1. The Kier molecular flexibility index (Phi) is 5.15. The Labute approximate surface area is 114 Å². The Morgan fingerprint density at radius 2 is 2.16 bits per heavy atom. The molecule has 1 aromatic rings. The summed E-state index contributed by atoms with van der Waals surface area (Å²) in [5.74, 6) is 1.26. The average Bonchev–Trinajstić information content (AvgIpc) is 2.80. The van der Waals surface area contributed by atoms with Gasteiger partial charge in [-0.25, -0.2) is 0 Å². The molecular formula is C13H25N5O. The Morgan fingerprint density at radius 1 is 1.32 bits per heavy atom. The zero-order valence-electron chi connectivity index (χ0n) is 12.0. The number of likely N-dealkylation sites (N-methyl/N-ethyl adjacent to an activating group) is 1. The third-order valence-corrected chi connectivity index (χ3v) is 3.62. The highest BCUT2D eigenvalue weighted by Crippen LogP contribution is 2.18. The van der Waals surface area contributed by atoms with Gasteiger partial charge in [-0.3, -0.25) is 0 Å². The van der Waals surface area contributed by atoms with Crippen LogP contribution in [0.3, 0.4) is 0 Å². The van der Waals surface area contributed by atoms with Crippen LogP contribution in [0.5, 0.6) is 0 Å². The Bertz CT molecular complexity index is 381. The van der Waals surface area contributed by atoms with Crippen LogP contribution in [0, 0.1) is 0 Å². The van der Waals surface area contributed by atoms with Crippen LogP contribution in [-0.2, 0) is 0 Å². The van der Waals surface area contributed by atoms with Gasteiger partial charge in [-0.15, -0.1) is 0 Å². The predicted octanol–water partition coefficient (Wildman–Crippen LogP) is 1.40. The minimum absolute atomic E-state index is 0.129. The molecule has 0 radical (unpaired) electrons. The molecule has 0 aromatic carbocycles. The standard InChI is InChI=1S/C13H25N5O/c1-3-4-6-11(14)12-15-13(16-19-12)18-8-5-7-17(2)9-10-18/h11H,3-10,14H2,1-2H3/t11-/m0/s1. The molecule has 0 aliphatic carbocycles. The molecule has 1 aliphatic rings. The minimum atomic E-state index is -0.129. The van der Waals surface area contributed by atoms with Gasteiger partial charge in [-0.1, -0.05) is 19.8 Å². The monoisotopic (exact) mass is 267 g/mol. The van der Waals surface area contributed by atoms with Gasteiger partial charge >= 0.3 is 0 Å². The quantitative estimate of drug-likeness (QED) is 0.869. The van der Waals surface area contributed by atoms with E-state index in [-0.39, 0.29) is 6.04 Å². The van der Waals surface area contributed by atoms with Gasteiger partial charge in [0.15, 0.2) is 0 Å². The first-order valence-corrected chi connectivity index (χ1v) is 7.23. The van der Waals surface area contributed by atoms with E-state index in [9.17, 15) is 0 Å². The van der Waals surface area contributed by atoms with Gasteiger partial charge in [0.1, 0.15) is 0 Å². The Hall–Kier alpha value is -1.14. The van der Waals surface area contributed by atoms with Crippen molar-refractivity contribution in [1.29, 1.82) is 0 Å². The largest absolute Gasteiger partial charge is 0.337 e. The summed E-state index contributed by atoms with van der Waals surface area (Å²) in [6, 6.07) is -0.129. The summed E-state index contributed by atoms with van der Waals surface area (Å²) in [5.41, 5.74) is 6.05. The first-order chi connectivity index (χ1) is 9.20. The van der Waals surface area contributed by atoms with Crippen molar-refractivity contribution < 1.29 is 4.52 Å². The molecule has 0 saturated carbocycles. The molecule has 1 saturated heterocycles. The number of unbranched alkanes of at least 4 members (excludes halogenated alkanes) is 1.